The predicted octanol–water partition coefficient (Wildman–Crippen LogP) is 2.49. The summed E-state index contributed by atoms with van der Waals surface area (Å²) in [5.74, 6) is 1.48. The second-order valence-electron chi connectivity index (χ2n) is 4.55. The molecule has 15 heavy (non-hydrogen) atoms. The van der Waals surface area contributed by atoms with E-state index in [-0.39, 0.29) is 0 Å². The summed E-state index contributed by atoms with van der Waals surface area (Å²) in [4.78, 5) is 4.38. The Bertz CT molecular complexity index is 316. The maximum atomic E-state index is 4.38. The van der Waals surface area contributed by atoms with Crippen molar-refractivity contribution in [2.45, 2.75) is 32.6 Å². The molecule has 2 nitrogen and oxygen atoms in total. The van der Waals surface area contributed by atoms with Gasteiger partial charge >= 0.3 is 0 Å². The molecule has 1 saturated heterocycles. The average Bonchev–Trinajstić information content (AvgIpc) is 2.30. The first-order chi connectivity index (χ1) is 7.29. The van der Waals surface area contributed by atoms with E-state index < -0.39 is 0 Å². The number of nitrogens with one attached hydrogen (secondary N) is 1. The summed E-state index contributed by atoms with van der Waals surface area (Å²) in [6, 6.07) is 4.29. The van der Waals surface area contributed by atoms with Crippen molar-refractivity contribution in [2.75, 3.05) is 13.1 Å². The molecule has 1 aromatic rings. The van der Waals surface area contributed by atoms with Gasteiger partial charge in [-0.2, -0.15) is 0 Å². The molecule has 1 aliphatic heterocycles. The standard InChI is InChI=1S/C13H20N2/c1-10(12-5-8-14-9-6-12)13-4-3-7-15-11(13)2/h3-4,7,10,12,14H,5-6,8-9H2,1-2H3. The van der Waals surface area contributed by atoms with Crippen LogP contribution in [0.25, 0.3) is 0 Å². The Hall–Kier alpha value is -0.890. The van der Waals surface area contributed by atoms with E-state index in [0.29, 0.717) is 5.92 Å². The highest BCUT2D eigenvalue weighted by Crippen LogP contribution is 2.31. The molecular formula is C13H20N2. The minimum Gasteiger partial charge on any atom is -0.317 e. The Morgan fingerprint density at radius 2 is 2.13 bits per heavy atom. The van der Waals surface area contributed by atoms with Crippen LogP contribution in [0.3, 0.4) is 0 Å². The zero-order valence-corrected chi connectivity index (χ0v) is 9.66. The van der Waals surface area contributed by atoms with Gasteiger partial charge < -0.3 is 5.32 Å². The van der Waals surface area contributed by atoms with Crippen LogP contribution in [-0.4, -0.2) is 18.1 Å². The van der Waals surface area contributed by atoms with Crippen molar-refractivity contribution in [3.05, 3.63) is 29.6 Å². The van der Waals surface area contributed by atoms with E-state index in [4.69, 9.17) is 0 Å². The molecule has 1 aromatic heterocycles. The third kappa shape index (κ3) is 2.37. The fourth-order valence-electron chi connectivity index (χ4n) is 2.58. The van der Waals surface area contributed by atoms with Crippen LogP contribution in [0.1, 0.15) is 36.9 Å². The Balaban J connectivity index is 2.12. The van der Waals surface area contributed by atoms with Gasteiger partial charge in [0.1, 0.15) is 0 Å². The number of pyridine rings is 1. The monoisotopic (exact) mass is 204 g/mol. The first-order valence-electron chi connectivity index (χ1n) is 5.91. The molecule has 0 spiro atoms. The first kappa shape index (κ1) is 10.6. The number of aromatic nitrogens is 1. The smallest absolute Gasteiger partial charge is 0.0407 e. The Morgan fingerprint density at radius 3 is 2.80 bits per heavy atom. The number of nitrogens with zero attached hydrogens (tertiary/aromatic N) is 1. The second-order valence-corrected chi connectivity index (χ2v) is 4.55. The molecule has 1 atom stereocenters. The lowest BCUT2D eigenvalue weighted by Gasteiger charge is -2.29. The first-order valence-corrected chi connectivity index (χ1v) is 5.91. The van der Waals surface area contributed by atoms with Gasteiger partial charge in [-0.25, -0.2) is 0 Å². The number of piperidine rings is 1. The zero-order valence-electron chi connectivity index (χ0n) is 9.66. The highest BCUT2D eigenvalue weighted by Gasteiger charge is 2.22. The van der Waals surface area contributed by atoms with Crippen LogP contribution in [0, 0.1) is 12.8 Å². The summed E-state index contributed by atoms with van der Waals surface area (Å²) >= 11 is 0. The number of aryl methyl sites for hydroxylation is 1. The van der Waals surface area contributed by atoms with Crippen molar-refractivity contribution in [3.63, 3.8) is 0 Å². The number of hydrogen-bond donors (Lipinski definition) is 1. The van der Waals surface area contributed by atoms with E-state index in [1.807, 2.05) is 6.20 Å². The van der Waals surface area contributed by atoms with Gasteiger partial charge in [0, 0.05) is 11.9 Å². The lowest BCUT2D eigenvalue weighted by molar-refractivity contribution is 0.329. The van der Waals surface area contributed by atoms with E-state index >= 15 is 0 Å². The molecular weight excluding hydrogens is 184 g/mol. The van der Waals surface area contributed by atoms with Gasteiger partial charge in [0.2, 0.25) is 0 Å². The summed E-state index contributed by atoms with van der Waals surface area (Å²) in [7, 11) is 0. The van der Waals surface area contributed by atoms with Crippen LogP contribution >= 0.6 is 0 Å². The van der Waals surface area contributed by atoms with Gasteiger partial charge in [0.15, 0.2) is 0 Å². The van der Waals surface area contributed by atoms with Gasteiger partial charge in [-0.15, -0.1) is 0 Å². The molecule has 1 fully saturated rings. The van der Waals surface area contributed by atoms with Crippen molar-refractivity contribution in [2.24, 2.45) is 5.92 Å². The summed E-state index contributed by atoms with van der Waals surface area (Å²) in [5.41, 5.74) is 2.63. The molecule has 0 bridgehead atoms. The van der Waals surface area contributed by atoms with Gasteiger partial charge in [0.05, 0.1) is 0 Å². The van der Waals surface area contributed by atoms with Crippen LogP contribution in [0.2, 0.25) is 0 Å². The fraction of sp³-hybridized carbons (Fsp3) is 0.615. The second kappa shape index (κ2) is 4.75. The highest BCUT2D eigenvalue weighted by molar-refractivity contribution is 5.23. The molecule has 82 valence electrons. The minimum absolute atomic E-state index is 0.654. The predicted molar refractivity (Wildman–Crippen MR) is 63.0 cm³/mol. The zero-order chi connectivity index (χ0) is 10.7. The average molecular weight is 204 g/mol. The largest absolute Gasteiger partial charge is 0.317 e. The van der Waals surface area contributed by atoms with E-state index in [2.05, 4.69) is 36.3 Å². The Labute approximate surface area is 92.1 Å². The molecule has 0 saturated carbocycles. The Kier molecular flexibility index (Phi) is 3.37. The van der Waals surface area contributed by atoms with E-state index in [9.17, 15) is 0 Å². The van der Waals surface area contributed by atoms with Gasteiger partial charge in [-0.1, -0.05) is 13.0 Å². The highest BCUT2D eigenvalue weighted by atomic mass is 14.9. The van der Waals surface area contributed by atoms with Crippen LogP contribution in [-0.2, 0) is 0 Å². The van der Waals surface area contributed by atoms with Crippen LogP contribution in [0.5, 0.6) is 0 Å². The maximum absolute atomic E-state index is 4.38. The van der Waals surface area contributed by atoms with Gasteiger partial charge in [-0.05, 0) is 56.3 Å². The van der Waals surface area contributed by atoms with Crippen molar-refractivity contribution in [3.8, 4) is 0 Å². The topological polar surface area (TPSA) is 24.9 Å². The normalized spacial score (nSPS) is 20.1. The van der Waals surface area contributed by atoms with Crippen molar-refractivity contribution in [1.82, 2.24) is 10.3 Å². The lowest BCUT2D eigenvalue weighted by atomic mass is 9.81. The van der Waals surface area contributed by atoms with E-state index in [1.54, 1.807) is 0 Å². The van der Waals surface area contributed by atoms with E-state index in [1.165, 1.54) is 37.2 Å². The van der Waals surface area contributed by atoms with E-state index in [0.717, 1.165) is 5.92 Å². The molecule has 2 heteroatoms. The number of rotatable bonds is 2. The fourth-order valence-corrected chi connectivity index (χ4v) is 2.58. The van der Waals surface area contributed by atoms with Gasteiger partial charge in [0.25, 0.3) is 0 Å². The molecule has 2 rings (SSSR count). The summed E-state index contributed by atoms with van der Waals surface area (Å²) in [5, 5.41) is 3.42. The molecule has 0 aromatic carbocycles. The van der Waals surface area contributed by atoms with Gasteiger partial charge in [-0.3, -0.25) is 4.98 Å². The molecule has 1 N–H and O–H groups in total. The molecule has 0 amide bonds. The van der Waals surface area contributed by atoms with Crippen molar-refractivity contribution in [1.29, 1.82) is 0 Å². The van der Waals surface area contributed by atoms with Crippen molar-refractivity contribution < 1.29 is 0 Å². The van der Waals surface area contributed by atoms with Crippen molar-refractivity contribution >= 4 is 0 Å². The third-order valence-electron chi connectivity index (χ3n) is 3.63. The molecule has 2 heterocycles. The molecule has 0 radical (unpaired) electrons. The quantitative estimate of drug-likeness (QED) is 0.800. The summed E-state index contributed by atoms with van der Waals surface area (Å²) in [6.07, 6.45) is 4.49. The summed E-state index contributed by atoms with van der Waals surface area (Å²) < 4.78 is 0. The maximum Gasteiger partial charge on any atom is 0.0407 e. The number of hydrogen-bond acceptors (Lipinski definition) is 2. The lowest BCUT2D eigenvalue weighted by Crippen LogP contribution is -2.30. The molecule has 1 unspecified atom stereocenters. The third-order valence-corrected chi connectivity index (χ3v) is 3.63. The molecule has 0 aliphatic carbocycles. The van der Waals surface area contributed by atoms with Crippen LogP contribution in [0.4, 0.5) is 0 Å². The van der Waals surface area contributed by atoms with Crippen LogP contribution < -0.4 is 5.32 Å². The van der Waals surface area contributed by atoms with Crippen LogP contribution in [0.15, 0.2) is 18.3 Å². The molecule has 1 aliphatic rings. The SMILES string of the molecule is Cc1ncccc1C(C)C1CCNCC1. The minimum atomic E-state index is 0.654. The summed E-state index contributed by atoms with van der Waals surface area (Å²) in [6.45, 7) is 6.82. The Morgan fingerprint density at radius 1 is 1.40 bits per heavy atom.